The first-order valence-electron chi connectivity index (χ1n) is 11.5. The minimum absolute atomic E-state index is 0.0934. The highest BCUT2D eigenvalue weighted by molar-refractivity contribution is 7.99. The number of ether oxygens (including phenoxy) is 2. The van der Waals surface area contributed by atoms with Crippen molar-refractivity contribution in [2.45, 2.75) is 74.2 Å². The number of para-hydroxylation sites is 1. The lowest BCUT2D eigenvalue weighted by Gasteiger charge is -2.35. The summed E-state index contributed by atoms with van der Waals surface area (Å²) >= 11 is 1.53. The van der Waals surface area contributed by atoms with Crippen LogP contribution in [0.15, 0.2) is 41.7 Å². The molecule has 4 atom stereocenters. The van der Waals surface area contributed by atoms with Gasteiger partial charge in [0.15, 0.2) is 0 Å². The van der Waals surface area contributed by atoms with E-state index in [4.69, 9.17) is 20.2 Å². The fraction of sp³-hybridized carbons (Fsp3) is 0.542. The molecule has 2 saturated heterocycles. The van der Waals surface area contributed by atoms with E-state index >= 15 is 0 Å². The molecule has 1 aromatic carbocycles. The van der Waals surface area contributed by atoms with E-state index in [9.17, 15) is 4.79 Å². The molecule has 7 nitrogen and oxygen atoms in total. The third-order valence-corrected chi connectivity index (χ3v) is 7.89. The van der Waals surface area contributed by atoms with Crippen molar-refractivity contribution < 1.29 is 14.3 Å². The average molecular weight is 455 g/mol. The Kier molecular flexibility index (Phi) is 5.99. The number of carbonyl (C=O) groups is 1. The van der Waals surface area contributed by atoms with Gasteiger partial charge in [0.1, 0.15) is 22.2 Å². The summed E-state index contributed by atoms with van der Waals surface area (Å²) in [6.45, 7) is 2.23. The molecule has 2 unspecified atom stereocenters. The summed E-state index contributed by atoms with van der Waals surface area (Å²) in [6.07, 6.45) is 9.25. The van der Waals surface area contributed by atoms with E-state index in [-0.39, 0.29) is 17.6 Å². The fourth-order valence-corrected chi connectivity index (χ4v) is 6.22. The van der Waals surface area contributed by atoms with Crippen LogP contribution in [0.2, 0.25) is 0 Å². The molecule has 8 heteroatoms. The van der Waals surface area contributed by atoms with Crippen molar-refractivity contribution in [2.24, 2.45) is 5.73 Å². The minimum Gasteiger partial charge on any atom is -0.485 e. The Morgan fingerprint density at radius 3 is 2.88 bits per heavy atom. The first-order valence-corrected chi connectivity index (χ1v) is 12.5. The second-order valence-corrected chi connectivity index (χ2v) is 9.95. The monoisotopic (exact) mass is 454 g/mol. The van der Waals surface area contributed by atoms with Gasteiger partial charge in [-0.15, -0.1) is 11.8 Å². The van der Waals surface area contributed by atoms with Crippen LogP contribution in [0.5, 0.6) is 5.75 Å². The van der Waals surface area contributed by atoms with Crippen LogP contribution in [-0.2, 0) is 9.53 Å². The second-order valence-electron chi connectivity index (χ2n) is 8.83. The van der Waals surface area contributed by atoms with E-state index in [1.807, 2.05) is 37.5 Å². The zero-order chi connectivity index (χ0) is 22.1. The van der Waals surface area contributed by atoms with Gasteiger partial charge in [-0.25, -0.2) is 9.97 Å². The molecule has 4 heterocycles. The van der Waals surface area contributed by atoms with Gasteiger partial charge in [0.25, 0.3) is 0 Å². The highest BCUT2D eigenvalue weighted by atomic mass is 32.2. The second kappa shape index (κ2) is 8.90. The van der Waals surface area contributed by atoms with Crippen LogP contribution in [0.4, 0.5) is 5.82 Å². The summed E-state index contributed by atoms with van der Waals surface area (Å²) in [5, 5.41) is 0.827. The number of nitrogens with two attached hydrogens (primary N) is 1. The quantitative estimate of drug-likeness (QED) is 0.520. The Balaban J connectivity index is 1.27. The number of esters is 1. The number of benzene rings is 1. The van der Waals surface area contributed by atoms with Crippen LogP contribution < -0.4 is 15.4 Å². The average Bonchev–Trinajstić information content (AvgIpc) is 3.26. The fourth-order valence-electron chi connectivity index (χ4n) is 5.49. The third kappa shape index (κ3) is 3.94. The molecule has 3 aliphatic rings. The molecule has 0 amide bonds. The van der Waals surface area contributed by atoms with Crippen molar-refractivity contribution in [1.29, 1.82) is 0 Å². The smallest absolute Gasteiger partial charge is 0.306 e. The van der Waals surface area contributed by atoms with E-state index < -0.39 is 0 Å². The first-order chi connectivity index (χ1) is 15.6. The van der Waals surface area contributed by atoms with Crippen molar-refractivity contribution in [2.75, 3.05) is 17.3 Å². The topological polar surface area (TPSA) is 90.6 Å². The highest BCUT2D eigenvalue weighted by Gasteiger charge is 2.53. The zero-order valence-corrected chi connectivity index (χ0v) is 19.2. The molecule has 2 N–H and O–H groups in total. The summed E-state index contributed by atoms with van der Waals surface area (Å²) in [4.78, 5) is 23.3. The molecular formula is C24H30N4O3S. The first kappa shape index (κ1) is 21.5. The van der Waals surface area contributed by atoms with Gasteiger partial charge in [0, 0.05) is 29.8 Å². The van der Waals surface area contributed by atoms with E-state index in [1.165, 1.54) is 18.2 Å². The Hall–Kier alpha value is -2.32. The van der Waals surface area contributed by atoms with E-state index in [0.29, 0.717) is 30.9 Å². The number of nitrogens with zero attached hydrogens (tertiary/aromatic N) is 3. The Bertz CT molecular complexity index is 972. The Morgan fingerprint density at radius 2 is 2.09 bits per heavy atom. The van der Waals surface area contributed by atoms with Gasteiger partial charge in [-0.1, -0.05) is 18.2 Å². The van der Waals surface area contributed by atoms with Gasteiger partial charge in [0.2, 0.25) is 0 Å². The summed E-state index contributed by atoms with van der Waals surface area (Å²) in [5.41, 5.74) is 7.53. The van der Waals surface area contributed by atoms with Crippen LogP contribution in [0.3, 0.4) is 0 Å². The standard InChI is InChI=1S/C24H30N4O3S/c1-2-30-22(29)10-12-32-21-15-26-20(14-27-21)28-16-7-8-17(28)13-24(11-9-16)23(25)18-5-3-4-6-19(18)31-24/h3-6,14-17,23H,2,7-13,25H2,1H3/t16?,17?,23-,24+/m1/s1. The predicted molar refractivity (Wildman–Crippen MR) is 124 cm³/mol. The number of thioether (sulfide) groups is 1. The van der Waals surface area contributed by atoms with E-state index in [1.54, 1.807) is 0 Å². The van der Waals surface area contributed by atoms with Gasteiger partial charge in [-0.2, -0.15) is 0 Å². The molecule has 170 valence electrons. The van der Waals surface area contributed by atoms with Gasteiger partial charge in [0.05, 0.1) is 31.5 Å². The Labute approximate surface area is 193 Å². The Morgan fingerprint density at radius 1 is 1.25 bits per heavy atom. The number of anilines is 1. The van der Waals surface area contributed by atoms with Crippen molar-refractivity contribution >= 4 is 23.5 Å². The molecule has 3 aliphatic heterocycles. The van der Waals surface area contributed by atoms with Crippen LogP contribution in [0.25, 0.3) is 0 Å². The van der Waals surface area contributed by atoms with Gasteiger partial charge >= 0.3 is 5.97 Å². The third-order valence-electron chi connectivity index (χ3n) is 6.98. The van der Waals surface area contributed by atoms with Crippen LogP contribution in [0.1, 0.15) is 57.1 Å². The van der Waals surface area contributed by atoms with Crippen molar-refractivity contribution in [3.63, 3.8) is 0 Å². The number of hydrogen-bond donors (Lipinski definition) is 1. The van der Waals surface area contributed by atoms with Crippen LogP contribution in [0, 0.1) is 0 Å². The molecular weight excluding hydrogens is 424 g/mol. The van der Waals surface area contributed by atoms with Gasteiger partial charge in [-0.3, -0.25) is 4.79 Å². The van der Waals surface area contributed by atoms with Crippen molar-refractivity contribution in [3.8, 4) is 5.75 Å². The summed E-state index contributed by atoms with van der Waals surface area (Å²) in [6, 6.07) is 8.88. The molecule has 2 bridgehead atoms. The molecule has 2 fully saturated rings. The van der Waals surface area contributed by atoms with E-state index in [0.717, 1.165) is 47.8 Å². The zero-order valence-electron chi connectivity index (χ0n) is 18.4. The molecule has 1 aromatic heterocycles. The van der Waals surface area contributed by atoms with Crippen LogP contribution in [-0.4, -0.2) is 46.0 Å². The number of rotatable bonds is 6. The summed E-state index contributed by atoms with van der Waals surface area (Å²) in [5.74, 6) is 2.33. The molecule has 0 saturated carbocycles. The normalized spacial score (nSPS) is 28.3. The highest BCUT2D eigenvalue weighted by Crippen LogP contribution is 2.51. The lowest BCUT2D eigenvalue weighted by atomic mass is 9.80. The number of carbonyl (C=O) groups excluding carboxylic acids is 1. The molecule has 2 aromatic rings. The molecule has 5 rings (SSSR count). The summed E-state index contributed by atoms with van der Waals surface area (Å²) in [7, 11) is 0. The maximum absolute atomic E-state index is 11.5. The van der Waals surface area contributed by atoms with Gasteiger partial charge in [-0.05, 0) is 38.7 Å². The largest absolute Gasteiger partial charge is 0.485 e. The van der Waals surface area contributed by atoms with Crippen LogP contribution >= 0.6 is 11.8 Å². The maximum atomic E-state index is 11.5. The van der Waals surface area contributed by atoms with Crippen molar-refractivity contribution in [1.82, 2.24) is 9.97 Å². The maximum Gasteiger partial charge on any atom is 0.306 e. The lowest BCUT2D eigenvalue weighted by molar-refractivity contribution is -0.142. The number of hydrogen-bond acceptors (Lipinski definition) is 8. The summed E-state index contributed by atoms with van der Waals surface area (Å²) < 4.78 is 11.5. The minimum atomic E-state index is -0.335. The SMILES string of the molecule is CCOC(=O)CCSc1cnc(N2C3CCC2C[C@]2(CC3)Oc3ccccc3[C@H]2N)cn1. The predicted octanol–water partition coefficient (Wildman–Crippen LogP) is 3.87. The molecule has 0 aliphatic carbocycles. The van der Waals surface area contributed by atoms with Crippen molar-refractivity contribution in [3.05, 3.63) is 42.2 Å². The van der Waals surface area contributed by atoms with E-state index in [2.05, 4.69) is 16.0 Å². The number of aromatic nitrogens is 2. The van der Waals surface area contributed by atoms with Gasteiger partial charge < -0.3 is 20.1 Å². The number of fused-ring (bicyclic) bond motifs is 3. The molecule has 1 spiro atoms. The molecule has 0 radical (unpaired) electrons. The lowest BCUT2D eigenvalue weighted by Crippen LogP contribution is -2.45. The molecule has 32 heavy (non-hydrogen) atoms.